The first-order chi connectivity index (χ1) is 16.2. The van der Waals surface area contributed by atoms with Crippen LogP contribution < -0.4 is 0 Å². The number of halogens is 4. The highest BCUT2D eigenvalue weighted by Crippen LogP contribution is 2.46. The lowest BCUT2D eigenvalue weighted by Crippen LogP contribution is -2.50. The number of likely N-dealkylation sites (N-methyl/N-ethyl adjacent to an activating group) is 1. The van der Waals surface area contributed by atoms with Crippen LogP contribution in [-0.2, 0) is 11.5 Å². The summed E-state index contributed by atoms with van der Waals surface area (Å²) in [4.78, 5) is 3.76. The van der Waals surface area contributed by atoms with Crippen LogP contribution in [0, 0.1) is 23.5 Å². The number of hydrogen-bond acceptors (Lipinski definition) is 4. The molecule has 0 aliphatic heterocycles. The first-order valence-electron chi connectivity index (χ1n) is 9.84. The average molecular weight is 469 g/mol. The van der Waals surface area contributed by atoms with E-state index >= 15 is 8.78 Å². The lowest BCUT2D eigenvalue weighted by atomic mass is 9.84. The van der Waals surface area contributed by atoms with Gasteiger partial charge in [0.1, 0.15) is 17.3 Å². The molecule has 174 valence electrons. The summed E-state index contributed by atoms with van der Waals surface area (Å²) >= 11 is 0. The Morgan fingerprint density at radius 2 is 1.74 bits per heavy atom. The summed E-state index contributed by atoms with van der Waals surface area (Å²) in [5.74, 6) is -0.803. The molecule has 1 N–H and O–H groups in total. The Morgan fingerprint density at radius 3 is 2.35 bits per heavy atom. The standard InChI is InChI=1S/C24H19F4N5O/c1-29-31-32-33(2)16-23(34,20-12-11-19(25)14-21(20)26)24(27,28)22-13-10-18(15-30-22)9-8-17-6-4-3-5-7-17/h3-7,10-15,34H,1,16H2,2H3/b32-31-. The predicted octanol–water partition coefficient (Wildman–Crippen LogP) is 4.65. The third kappa shape index (κ3) is 5.27. The largest absolute Gasteiger partial charge is 0.377 e. The molecule has 0 amide bonds. The van der Waals surface area contributed by atoms with E-state index in [4.69, 9.17) is 0 Å². The summed E-state index contributed by atoms with van der Waals surface area (Å²) in [6, 6.07) is 13.2. The number of rotatable bonds is 7. The molecule has 1 unspecified atom stereocenters. The van der Waals surface area contributed by atoms with E-state index in [1.165, 1.54) is 13.1 Å². The van der Waals surface area contributed by atoms with Crippen molar-refractivity contribution in [3.63, 3.8) is 0 Å². The minimum Gasteiger partial charge on any atom is -0.377 e. The summed E-state index contributed by atoms with van der Waals surface area (Å²) in [6.45, 7) is 2.15. The van der Waals surface area contributed by atoms with Crippen LogP contribution in [0.5, 0.6) is 0 Å². The van der Waals surface area contributed by atoms with Crippen molar-refractivity contribution in [3.8, 4) is 11.8 Å². The fourth-order valence-electron chi connectivity index (χ4n) is 3.17. The number of aliphatic hydroxyl groups is 1. The number of alkyl halides is 2. The minimum absolute atomic E-state index is 0.350. The molecule has 0 saturated heterocycles. The molecule has 3 rings (SSSR count). The second-order valence-electron chi connectivity index (χ2n) is 7.24. The summed E-state index contributed by atoms with van der Waals surface area (Å²) < 4.78 is 59.4. The zero-order valence-corrected chi connectivity index (χ0v) is 18.0. The maximum atomic E-state index is 15.7. The van der Waals surface area contributed by atoms with Gasteiger partial charge in [-0.2, -0.15) is 8.78 Å². The Hall–Kier alpha value is -4.10. The monoisotopic (exact) mass is 469 g/mol. The van der Waals surface area contributed by atoms with Gasteiger partial charge in [0, 0.05) is 42.7 Å². The van der Waals surface area contributed by atoms with Crippen LogP contribution in [0.15, 0.2) is 82.4 Å². The van der Waals surface area contributed by atoms with E-state index in [0.717, 1.165) is 35.0 Å². The number of hydrogen-bond donors (Lipinski definition) is 1. The van der Waals surface area contributed by atoms with E-state index in [2.05, 4.69) is 39.1 Å². The molecule has 0 bridgehead atoms. The van der Waals surface area contributed by atoms with Gasteiger partial charge >= 0.3 is 5.92 Å². The molecule has 2 aromatic carbocycles. The molecule has 0 fully saturated rings. The van der Waals surface area contributed by atoms with Crippen molar-refractivity contribution in [2.45, 2.75) is 11.5 Å². The molecule has 3 aromatic rings. The van der Waals surface area contributed by atoms with Crippen LogP contribution in [0.2, 0.25) is 0 Å². The van der Waals surface area contributed by atoms with E-state index in [-0.39, 0.29) is 0 Å². The van der Waals surface area contributed by atoms with Gasteiger partial charge in [-0.3, -0.25) is 9.99 Å². The van der Waals surface area contributed by atoms with Crippen molar-refractivity contribution in [2.75, 3.05) is 13.6 Å². The number of nitrogens with zero attached hydrogens (tertiary/aromatic N) is 5. The Balaban J connectivity index is 2.01. The Bertz CT molecular complexity index is 1240. The zero-order chi connectivity index (χ0) is 24.8. The highest BCUT2D eigenvalue weighted by molar-refractivity contribution is 5.42. The van der Waals surface area contributed by atoms with Crippen molar-refractivity contribution < 1.29 is 22.7 Å². The molecular weight excluding hydrogens is 450 g/mol. The van der Waals surface area contributed by atoms with Gasteiger partial charge in [0.2, 0.25) is 0 Å². The Morgan fingerprint density at radius 1 is 1.03 bits per heavy atom. The van der Waals surface area contributed by atoms with Crippen LogP contribution in [0.1, 0.15) is 22.4 Å². The summed E-state index contributed by atoms with van der Waals surface area (Å²) in [6.07, 6.45) is 1.12. The van der Waals surface area contributed by atoms with Crippen molar-refractivity contribution in [1.29, 1.82) is 0 Å². The lowest BCUT2D eigenvalue weighted by molar-refractivity contribution is -0.207. The van der Waals surface area contributed by atoms with E-state index < -0.39 is 41.0 Å². The van der Waals surface area contributed by atoms with Gasteiger partial charge in [-0.1, -0.05) is 35.3 Å². The summed E-state index contributed by atoms with van der Waals surface area (Å²) in [5, 5.41) is 21.8. The van der Waals surface area contributed by atoms with Gasteiger partial charge in [-0.15, -0.1) is 5.10 Å². The van der Waals surface area contributed by atoms with Gasteiger partial charge in [0.25, 0.3) is 0 Å². The fourth-order valence-corrected chi connectivity index (χ4v) is 3.17. The highest BCUT2D eigenvalue weighted by Gasteiger charge is 2.58. The second kappa shape index (κ2) is 10.2. The third-order valence-corrected chi connectivity index (χ3v) is 4.82. The highest BCUT2D eigenvalue weighted by atomic mass is 19.3. The van der Waals surface area contributed by atoms with Gasteiger partial charge < -0.3 is 5.11 Å². The molecular formula is C24H19F4N5O. The van der Waals surface area contributed by atoms with Gasteiger partial charge in [0.05, 0.1) is 6.54 Å². The number of aromatic nitrogens is 1. The Kier molecular flexibility index (Phi) is 7.38. The predicted molar refractivity (Wildman–Crippen MR) is 118 cm³/mol. The maximum absolute atomic E-state index is 15.7. The first kappa shape index (κ1) is 24.5. The topological polar surface area (TPSA) is 73.4 Å². The van der Waals surface area contributed by atoms with Gasteiger partial charge in [0.15, 0.2) is 5.60 Å². The van der Waals surface area contributed by atoms with Crippen LogP contribution >= 0.6 is 0 Å². The maximum Gasteiger partial charge on any atom is 0.323 e. The molecule has 0 radical (unpaired) electrons. The fraction of sp³-hybridized carbons (Fsp3) is 0.167. The summed E-state index contributed by atoms with van der Waals surface area (Å²) in [7, 11) is 1.22. The average Bonchev–Trinajstić information content (AvgIpc) is 2.82. The molecule has 0 aliphatic carbocycles. The van der Waals surface area contributed by atoms with Crippen molar-refractivity contribution in [1.82, 2.24) is 9.99 Å². The van der Waals surface area contributed by atoms with E-state index in [0.29, 0.717) is 11.6 Å². The molecule has 1 atom stereocenters. The lowest BCUT2D eigenvalue weighted by Gasteiger charge is -2.37. The molecule has 34 heavy (non-hydrogen) atoms. The van der Waals surface area contributed by atoms with Gasteiger partial charge in [-0.05, 0) is 41.6 Å². The molecule has 6 nitrogen and oxygen atoms in total. The molecule has 1 aromatic heterocycles. The van der Waals surface area contributed by atoms with Crippen molar-refractivity contribution in [3.05, 3.63) is 101 Å². The third-order valence-electron chi connectivity index (χ3n) is 4.82. The van der Waals surface area contributed by atoms with Crippen LogP contribution in [0.4, 0.5) is 17.6 Å². The molecule has 0 aliphatic rings. The second-order valence-corrected chi connectivity index (χ2v) is 7.24. The quantitative estimate of drug-likeness (QED) is 0.180. The molecule has 0 saturated carbocycles. The Labute approximate surface area is 193 Å². The van der Waals surface area contributed by atoms with E-state index in [1.807, 2.05) is 18.2 Å². The molecule has 10 heteroatoms. The summed E-state index contributed by atoms with van der Waals surface area (Å²) in [5.41, 5.74) is -3.82. The SMILES string of the molecule is C=N/N=N\N(C)CC(O)(c1ccc(F)cc1F)C(F)(F)c1ccc(C#Cc2ccccc2)cn1. The minimum atomic E-state index is -4.14. The molecule has 0 spiro atoms. The van der Waals surface area contributed by atoms with Gasteiger partial charge in [-0.25, -0.2) is 8.78 Å². The van der Waals surface area contributed by atoms with Crippen LogP contribution in [-0.4, -0.2) is 35.4 Å². The van der Waals surface area contributed by atoms with E-state index in [9.17, 15) is 13.9 Å². The number of benzene rings is 2. The van der Waals surface area contributed by atoms with Crippen molar-refractivity contribution in [2.24, 2.45) is 15.5 Å². The zero-order valence-electron chi connectivity index (χ0n) is 18.0. The smallest absolute Gasteiger partial charge is 0.323 e. The normalized spacial score (nSPS) is 13.1. The first-order valence-corrected chi connectivity index (χ1v) is 9.84. The van der Waals surface area contributed by atoms with Crippen LogP contribution in [0.25, 0.3) is 0 Å². The van der Waals surface area contributed by atoms with E-state index in [1.54, 1.807) is 12.1 Å². The van der Waals surface area contributed by atoms with Crippen molar-refractivity contribution >= 4 is 6.72 Å². The molecule has 1 heterocycles. The van der Waals surface area contributed by atoms with Crippen LogP contribution in [0.3, 0.4) is 0 Å². The number of pyridine rings is 1.